The fourth-order valence-electron chi connectivity index (χ4n) is 2.24. The van der Waals surface area contributed by atoms with E-state index in [-0.39, 0.29) is 18.0 Å². The molecular weight excluding hydrogens is 227 g/mol. The molecule has 0 saturated carbocycles. The number of halogens is 3. The predicted octanol–water partition coefficient (Wildman–Crippen LogP) is 3.45. The summed E-state index contributed by atoms with van der Waals surface area (Å²) in [6.07, 6.45) is 2.54. The second kappa shape index (κ2) is 5.08. The monoisotopic (exact) mass is 243 g/mol. The number of piperidine rings is 1. The van der Waals surface area contributed by atoms with Crippen LogP contribution in [0, 0.1) is 5.82 Å². The molecule has 94 valence electrons. The maximum Gasteiger partial charge on any atom is 0.274 e. The molecule has 1 nitrogen and oxygen atoms in total. The third-order valence-electron chi connectivity index (χ3n) is 3.16. The molecule has 0 amide bonds. The molecule has 1 saturated heterocycles. The zero-order valence-electron chi connectivity index (χ0n) is 9.56. The van der Waals surface area contributed by atoms with Gasteiger partial charge in [0.2, 0.25) is 0 Å². The molecule has 1 unspecified atom stereocenters. The van der Waals surface area contributed by atoms with Crippen LogP contribution in [0.25, 0.3) is 0 Å². The zero-order valence-corrected chi connectivity index (χ0v) is 9.56. The molecule has 1 aliphatic rings. The lowest BCUT2D eigenvalue weighted by Gasteiger charge is -2.27. The minimum atomic E-state index is -2.96. The van der Waals surface area contributed by atoms with Gasteiger partial charge in [0.1, 0.15) is 5.82 Å². The Bertz CT molecular complexity index is 373. The number of nitrogens with one attached hydrogen (secondary N) is 1. The van der Waals surface area contributed by atoms with Crippen molar-refractivity contribution in [3.8, 4) is 0 Å². The summed E-state index contributed by atoms with van der Waals surface area (Å²) in [7, 11) is 0. The molecule has 0 bridgehead atoms. The van der Waals surface area contributed by atoms with Crippen LogP contribution in [0.1, 0.15) is 31.2 Å². The van der Waals surface area contributed by atoms with E-state index in [4.69, 9.17) is 0 Å². The van der Waals surface area contributed by atoms with Crippen LogP contribution in [0.4, 0.5) is 13.2 Å². The van der Waals surface area contributed by atoms with E-state index < -0.39 is 11.7 Å². The number of rotatable bonds is 3. The fourth-order valence-corrected chi connectivity index (χ4v) is 2.24. The molecule has 1 heterocycles. The van der Waals surface area contributed by atoms with E-state index in [0.29, 0.717) is 0 Å². The molecule has 0 aliphatic carbocycles. The van der Waals surface area contributed by atoms with Crippen molar-refractivity contribution in [2.24, 2.45) is 0 Å². The van der Waals surface area contributed by atoms with Crippen LogP contribution < -0.4 is 5.32 Å². The highest BCUT2D eigenvalue weighted by Crippen LogP contribution is 2.34. The van der Waals surface area contributed by atoms with Gasteiger partial charge in [0.05, 0.1) is 0 Å². The first kappa shape index (κ1) is 12.4. The number of benzene rings is 1. The van der Waals surface area contributed by atoms with Crippen LogP contribution in [0.5, 0.6) is 0 Å². The largest absolute Gasteiger partial charge is 0.314 e. The fraction of sp³-hybridized carbons (Fsp3) is 0.538. The Morgan fingerprint density at radius 3 is 2.76 bits per heavy atom. The average Bonchev–Trinajstić information content (AvgIpc) is 2.30. The van der Waals surface area contributed by atoms with Gasteiger partial charge in [0, 0.05) is 18.0 Å². The minimum Gasteiger partial charge on any atom is -0.314 e. The molecule has 2 rings (SSSR count). The lowest BCUT2D eigenvalue weighted by molar-refractivity contribution is -0.0255. The summed E-state index contributed by atoms with van der Waals surface area (Å²) in [6.45, 7) is 0.796. The van der Waals surface area contributed by atoms with E-state index in [1.165, 1.54) is 18.2 Å². The molecule has 4 heteroatoms. The second-order valence-electron chi connectivity index (χ2n) is 4.57. The summed E-state index contributed by atoms with van der Waals surface area (Å²) in [5.41, 5.74) is -0.232. The maximum atomic E-state index is 13.9. The van der Waals surface area contributed by atoms with Crippen molar-refractivity contribution in [1.29, 1.82) is 0 Å². The van der Waals surface area contributed by atoms with Gasteiger partial charge in [-0.05, 0) is 31.5 Å². The van der Waals surface area contributed by atoms with Crippen molar-refractivity contribution in [2.75, 3.05) is 6.54 Å². The molecule has 1 fully saturated rings. The third kappa shape index (κ3) is 3.22. The van der Waals surface area contributed by atoms with Gasteiger partial charge in [-0.2, -0.15) is 0 Å². The lowest BCUT2D eigenvalue weighted by atomic mass is 9.95. The SMILES string of the molecule is Fc1cccc(C(F)(F)CC2CCCCN2)c1. The Kier molecular flexibility index (Phi) is 3.72. The van der Waals surface area contributed by atoms with Gasteiger partial charge in [-0.15, -0.1) is 0 Å². The van der Waals surface area contributed by atoms with Crippen LogP contribution in [-0.4, -0.2) is 12.6 Å². The average molecular weight is 243 g/mol. The van der Waals surface area contributed by atoms with Crippen LogP contribution in [0.3, 0.4) is 0 Å². The van der Waals surface area contributed by atoms with Crippen LogP contribution in [0.2, 0.25) is 0 Å². The standard InChI is InChI=1S/C13H16F3N/c14-11-5-3-4-10(8-11)13(15,16)9-12-6-1-2-7-17-12/h3-5,8,12,17H,1-2,6-7,9H2. The van der Waals surface area contributed by atoms with E-state index in [2.05, 4.69) is 5.32 Å². The van der Waals surface area contributed by atoms with Crippen molar-refractivity contribution in [1.82, 2.24) is 5.32 Å². The van der Waals surface area contributed by atoms with Crippen molar-refractivity contribution in [2.45, 2.75) is 37.6 Å². The normalized spacial score (nSPS) is 21.5. The van der Waals surface area contributed by atoms with Gasteiger partial charge in [-0.3, -0.25) is 0 Å². The molecule has 1 N–H and O–H groups in total. The molecule has 0 aromatic heterocycles. The number of alkyl halides is 2. The maximum absolute atomic E-state index is 13.9. The third-order valence-corrected chi connectivity index (χ3v) is 3.16. The van der Waals surface area contributed by atoms with E-state index in [0.717, 1.165) is 31.9 Å². The molecule has 1 aromatic carbocycles. The van der Waals surface area contributed by atoms with Gasteiger partial charge < -0.3 is 5.32 Å². The second-order valence-corrected chi connectivity index (χ2v) is 4.57. The Morgan fingerprint density at radius 1 is 1.29 bits per heavy atom. The smallest absolute Gasteiger partial charge is 0.274 e. The van der Waals surface area contributed by atoms with Crippen LogP contribution in [0.15, 0.2) is 24.3 Å². The number of hydrogen-bond donors (Lipinski definition) is 1. The Balaban J connectivity index is 2.06. The van der Waals surface area contributed by atoms with E-state index in [1.54, 1.807) is 0 Å². The molecular formula is C13H16F3N. The summed E-state index contributed by atoms with van der Waals surface area (Å²) in [4.78, 5) is 0. The van der Waals surface area contributed by atoms with Gasteiger partial charge in [0.25, 0.3) is 5.92 Å². The van der Waals surface area contributed by atoms with E-state index in [9.17, 15) is 13.2 Å². The van der Waals surface area contributed by atoms with Crippen molar-refractivity contribution >= 4 is 0 Å². The van der Waals surface area contributed by atoms with Gasteiger partial charge in [0.15, 0.2) is 0 Å². The molecule has 1 aliphatic heterocycles. The summed E-state index contributed by atoms with van der Waals surface area (Å²) in [5, 5.41) is 3.09. The Labute approximate surface area is 99.0 Å². The minimum absolute atomic E-state index is 0.165. The predicted molar refractivity (Wildman–Crippen MR) is 60.6 cm³/mol. The first-order valence-corrected chi connectivity index (χ1v) is 5.95. The quantitative estimate of drug-likeness (QED) is 0.857. The van der Waals surface area contributed by atoms with Crippen molar-refractivity contribution in [3.05, 3.63) is 35.6 Å². The highest BCUT2D eigenvalue weighted by Gasteiger charge is 2.35. The van der Waals surface area contributed by atoms with Crippen molar-refractivity contribution in [3.63, 3.8) is 0 Å². The highest BCUT2D eigenvalue weighted by atomic mass is 19.3. The highest BCUT2D eigenvalue weighted by molar-refractivity contribution is 5.21. The van der Waals surface area contributed by atoms with Gasteiger partial charge in [-0.25, -0.2) is 13.2 Å². The van der Waals surface area contributed by atoms with Crippen LogP contribution >= 0.6 is 0 Å². The van der Waals surface area contributed by atoms with E-state index in [1.807, 2.05) is 0 Å². The lowest BCUT2D eigenvalue weighted by Crippen LogP contribution is -2.38. The van der Waals surface area contributed by atoms with Crippen LogP contribution in [-0.2, 0) is 5.92 Å². The molecule has 0 spiro atoms. The molecule has 1 aromatic rings. The molecule has 1 atom stereocenters. The van der Waals surface area contributed by atoms with Crippen molar-refractivity contribution < 1.29 is 13.2 Å². The topological polar surface area (TPSA) is 12.0 Å². The number of hydrogen-bond acceptors (Lipinski definition) is 1. The first-order valence-electron chi connectivity index (χ1n) is 5.95. The first-order chi connectivity index (χ1) is 8.08. The molecule has 17 heavy (non-hydrogen) atoms. The summed E-state index contributed by atoms with van der Waals surface area (Å²) in [5.74, 6) is -3.57. The summed E-state index contributed by atoms with van der Waals surface area (Å²) >= 11 is 0. The van der Waals surface area contributed by atoms with Gasteiger partial charge in [-0.1, -0.05) is 18.6 Å². The zero-order chi connectivity index (χ0) is 12.3. The Hall–Kier alpha value is -1.03. The van der Waals surface area contributed by atoms with Gasteiger partial charge >= 0.3 is 0 Å². The molecule has 0 radical (unpaired) electrons. The Morgan fingerprint density at radius 2 is 2.12 bits per heavy atom. The van der Waals surface area contributed by atoms with E-state index >= 15 is 0 Å². The summed E-state index contributed by atoms with van der Waals surface area (Å²) < 4.78 is 40.8. The summed E-state index contributed by atoms with van der Waals surface area (Å²) in [6, 6.07) is 4.54.